The SMILES string of the molecule is COCCN1CCCc2sc(C(=O)Nc3ccc(C)cn3)nc21. The van der Waals surface area contributed by atoms with Crippen LogP contribution in [0.5, 0.6) is 0 Å². The van der Waals surface area contributed by atoms with Crippen LogP contribution in [0.25, 0.3) is 0 Å². The van der Waals surface area contributed by atoms with Gasteiger partial charge in [0.25, 0.3) is 5.91 Å². The highest BCUT2D eigenvalue weighted by atomic mass is 32.1. The maximum Gasteiger partial charge on any atom is 0.285 e. The fraction of sp³-hybridized carbons (Fsp3) is 0.438. The van der Waals surface area contributed by atoms with Crippen LogP contribution < -0.4 is 10.2 Å². The van der Waals surface area contributed by atoms with Crippen molar-refractivity contribution in [3.05, 3.63) is 33.8 Å². The van der Waals surface area contributed by atoms with Crippen molar-refractivity contribution < 1.29 is 9.53 Å². The van der Waals surface area contributed by atoms with Crippen LogP contribution in [-0.4, -0.2) is 42.7 Å². The van der Waals surface area contributed by atoms with Crippen LogP contribution in [0.15, 0.2) is 18.3 Å². The third kappa shape index (κ3) is 3.68. The summed E-state index contributed by atoms with van der Waals surface area (Å²) in [6.07, 6.45) is 3.79. The van der Waals surface area contributed by atoms with E-state index in [-0.39, 0.29) is 5.91 Å². The van der Waals surface area contributed by atoms with E-state index >= 15 is 0 Å². The van der Waals surface area contributed by atoms with Crippen molar-refractivity contribution in [2.24, 2.45) is 0 Å². The summed E-state index contributed by atoms with van der Waals surface area (Å²) in [5.74, 6) is 1.28. The molecule has 6 nitrogen and oxygen atoms in total. The maximum atomic E-state index is 12.4. The fourth-order valence-corrected chi connectivity index (χ4v) is 3.54. The molecule has 23 heavy (non-hydrogen) atoms. The molecule has 122 valence electrons. The third-order valence-electron chi connectivity index (χ3n) is 3.72. The number of fused-ring (bicyclic) bond motifs is 1. The van der Waals surface area contributed by atoms with E-state index in [0.29, 0.717) is 17.4 Å². The molecular weight excluding hydrogens is 312 g/mol. The Morgan fingerprint density at radius 2 is 2.35 bits per heavy atom. The van der Waals surface area contributed by atoms with Gasteiger partial charge in [0.2, 0.25) is 0 Å². The number of pyridine rings is 1. The summed E-state index contributed by atoms with van der Waals surface area (Å²) >= 11 is 1.47. The summed E-state index contributed by atoms with van der Waals surface area (Å²) in [4.78, 5) is 24.5. The molecule has 0 aromatic carbocycles. The van der Waals surface area contributed by atoms with Gasteiger partial charge in [-0.05, 0) is 31.4 Å². The van der Waals surface area contributed by atoms with Crippen LogP contribution in [0, 0.1) is 6.92 Å². The second kappa shape index (κ2) is 7.06. The minimum Gasteiger partial charge on any atom is -0.383 e. The van der Waals surface area contributed by atoms with E-state index in [2.05, 4.69) is 20.2 Å². The maximum absolute atomic E-state index is 12.4. The molecule has 2 aromatic rings. The van der Waals surface area contributed by atoms with E-state index in [1.165, 1.54) is 16.2 Å². The number of rotatable bonds is 5. The van der Waals surface area contributed by atoms with Crippen molar-refractivity contribution in [1.82, 2.24) is 9.97 Å². The van der Waals surface area contributed by atoms with Crippen molar-refractivity contribution in [3.63, 3.8) is 0 Å². The molecule has 3 rings (SSSR count). The monoisotopic (exact) mass is 332 g/mol. The molecule has 2 aromatic heterocycles. The molecule has 0 radical (unpaired) electrons. The summed E-state index contributed by atoms with van der Waals surface area (Å²) in [6, 6.07) is 3.72. The standard InChI is InChI=1S/C16H20N4O2S/c1-11-5-6-13(17-10-11)18-15(21)16-19-14-12(23-16)4-3-7-20(14)8-9-22-2/h5-6,10H,3-4,7-9H2,1-2H3,(H,17,18,21). The molecule has 3 heterocycles. The van der Waals surface area contributed by atoms with Gasteiger partial charge in [0.1, 0.15) is 11.6 Å². The van der Waals surface area contributed by atoms with Crippen molar-refractivity contribution in [2.45, 2.75) is 19.8 Å². The van der Waals surface area contributed by atoms with Gasteiger partial charge in [-0.2, -0.15) is 0 Å². The van der Waals surface area contributed by atoms with Crippen LogP contribution in [0.3, 0.4) is 0 Å². The first kappa shape index (κ1) is 15.9. The number of amides is 1. The molecule has 0 unspecified atom stereocenters. The van der Waals surface area contributed by atoms with Crippen LogP contribution in [-0.2, 0) is 11.2 Å². The van der Waals surface area contributed by atoms with Crippen molar-refractivity contribution in [1.29, 1.82) is 0 Å². The summed E-state index contributed by atoms with van der Waals surface area (Å²) in [5.41, 5.74) is 1.06. The number of nitrogens with one attached hydrogen (secondary N) is 1. The van der Waals surface area contributed by atoms with Crippen molar-refractivity contribution >= 4 is 28.9 Å². The minimum absolute atomic E-state index is 0.201. The van der Waals surface area contributed by atoms with E-state index < -0.39 is 0 Å². The number of thiazole rings is 1. The van der Waals surface area contributed by atoms with Crippen LogP contribution in [0.2, 0.25) is 0 Å². The molecule has 1 N–H and O–H groups in total. The number of nitrogens with zero attached hydrogens (tertiary/aromatic N) is 3. The van der Waals surface area contributed by atoms with Gasteiger partial charge in [0, 0.05) is 31.3 Å². The Kier molecular flexibility index (Phi) is 4.88. The van der Waals surface area contributed by atoms with Gasteiger partial charge in [-0.25, -0.2) is 9.97 Å². The zero-order valence-electron chi connectivity index (χ0n) is 13.3. The Morgan fingerprint density at radius 1 is 1.48 bits per heavy atom. The predicted octanol–water partition coefficient (Wildman–Crippen LogP) is 2.50. The lowest BCUT2D eigenvalue weighted by atomic mass is 10.2. The van der Waals surface area contributed by atoms with Gasteiger partial charge < -0.3 is 15.0 Å². The van der Waals surface area contributed by atoms with Crippen molar-refractivity contribution in [3.8, 4) is 0 Å². The topological polar surface area (TPSA) is 67.3 Å². The zero-order chi connectivity index (χ0) is 16.2. The van der Waals surface area contributed by atoms with Gasteiger partial charge in [0.15, 0.2) is 5.01 Å². The largest absolute Gasteiger partial charge is 0.383 e. The smallest absolute Gasteiger partial charge is 0.285 e. The van der Waals surface area contributed by atoms with E-state index in [9.17, 15) is 4.79 Å². The van der Waals surface area contributed by atoms with E-state index in [0.717, 1.165) is 37.3 Å². The molecular formula is C16H20N4O2S. The number of hydrogen-bond donors (Lipinski definition) is 1. The highest BCUT2D eigenvalue weighted by molar-refractivity contribution is 7.14. The van der Waals surface area contributed by atoms with Gasteiger partial charge in [0.05, 0.1) is 6.61 Å². The molecule has 1 amide bonds. The average Bonchev–Trinajstić information content (AvgIpc) is 3.00. The Bertz CT molecular complexity index is 684. The third-order valence-corrected chi connectivity index (χ3v) is 4.82. The Balaban J connectivity index is 1.74. The Morgan fingerprint density at radius 3 is 3.09 bits per heavy atom. The summed E-state index contributed by atoms with van der Waals surface area (Å²) < 4.78 is 5.15. The number of methoxy groups -OCH3 is 1. The first-order chi connectivity index (χ1) is 11.2. The highest BCUT2D eigenvalue weighted by Crippen LogP contribution is 2.31. The minimum atomic E-state index is -0.201. The van der Waals surface area contributed by atoms with Crippen LogP contribution in [0.1, 0.15) is 26.7 Å². The quantitative estimate of drug-likeness (QED) is 0.911. The van der Waals surface area contributed by atoms with Gasteiger partial charge >= 0.3 is 0 Å². The van der Waals surface area contributed by atoms with Crippen molar-refractivity contribution in [2.75, 3.05) is 37.0 Å². The Labute approximate surface area is 139 Å². The first-order valence-electron chi connectivity index (χ1n) is 7.65. The second-order valence-electron chi connectivity index (χ2n) is 5.52. The molecule has 1 aliphatic heterocycles. The van der Waals surface area contributed by atoms with Gasteiger partial charge in [-0.1, -0.05) is 6.07 Å². The predicted molar refractivity (Wildman–Crippen MR) is 91.5 cm³/mol. The molecule has 1 aliphatic rings. The fourth-order valence-electron chi connectivity index (χ4n) is 2.52. The summed E-state index contributed by atoms with van der Waals surface area (Å²) in [5, 5.41) is 3.29. The van der Waals surface area contributed by atoms with Gasteiger partial charge in [-0.3, -0.25) is 4.79 Å². The summed E-state index contributed by atoms with van der Waals surface area (Å²) in [7, 11) is 1.69. The zero-order valence-corrected chi connectivity index (χ0v) is 14.2. The Hall–Kier alpha value is -1.99. The molecule has 0 aliphatic carbocycles. The number of hydrogen-bond acceptors (Lipinski definition) is 6. The number of ether oxygens (including phenoxy) is 1. The average molecular weight is 332 g/mol. The van der Waals surface area contributed by atoms with Gasteiger partial charge in [-0.15, -0.1) is 11.3 Å². The second-order valence-corrected chi connectivity index (χ2v) is 6.61. The molecule has 0 bridgehead atoms. The van der Waals surface area contributed by atoms with E-state index in [1.807, 2.05) is 13.0 Å². The lowest BCUT2D eigenvalue weighted by Crippen LogP contribution is -2.32. The molecule has 0 atom stereocenters. The van der Waals surface area contributed by atoms with E-state index in [1.54, 1.807) is 19.4 Å². The summed E-state index contributed by atoms with van der Waals surface area (Å²) in [6.45, 7) is 4.38. The lowest BCUT2D eigenvalue weighted by molar-refractivity contribution is 0.102. The highest BCUT2D eigenvalue weighted by Gasteiger charge is 2.24. The number of aryl methyl sites for hydroxylation is 2. The normalized spacial score (nSPS) is 13.7. The molecule has 7 heteroatoms. The van der Waals surface area contributed by atoms with Crippen LogP contribution >= 0.6 is 11.3 Å². The number of carbonyl (C=O) groups is 1. The number of aromatic nitrogens is 2. The number of carbonyl (C=O) groups excluding carboxylic acids is 1. The molecule has 0 saturated heterocycles. The molecule has 0 fully saturated rings. The molecule has 0 spiro atoms. The lowest BCUT2D eigenvalue weighted by Gasteiger charge is -2.26. The number of anilines is 2. The van der Waals surface area contributed by atoms with Crippen LogP contribution in [0.4, 0.5) is 11.6 Å². The first-order valence-corrected chi connectivity index (χ1v) is 8.46. The molecule has 0 saturated carbocycles. The van der Waals surface area contributed by atoms with E-state index in [4.69, 9.17) is 4.74 Å².